The van der Waals surface area contributed by atoms with Gasteiger partial charge in [0, 0.05) is 23.0 Å². The summed E-state index contributed by atoms with van der Waals surface area (Å²) in [7, 11) is 0. The number of Topliss-reactive ketones (excluding diaryl/α,β-unsaturated/α-hetero) is 1. The first-order chi connectivity index (χ1) is 13.7. The molecule has 4 nitrogen and oxygen atoms in total. The molecule has 0 saturated carbocycles. The van der Waals surface area contributed by atoms with E-state index in [4.69, 9.17) is 21.1 Å². The van der Waals surface area contributed by atoms with Crippen LogP contribution in [-0.4, -0.2) is 18.3 Å². The van der Waals surface area contributed by atoms with Gasteiger partial charge in [-0.3, -0.25) is 4.79 Å². The number of nitrogens with one attached hydrogen (secondary N) is 1. The molecule has 0 aliphatic carbocycles. The number of benzene rings is 3. The Bertz CT molecular complexity index is 928. The maximum atomic E-state index is 11.8. The van der Waals surface area contributed by atoms with Crippen LogP contribution in [0.3, 0.4) is 0 Å². The van der Waals surface area contributed by atoms with Gasteiger partial charge in [0.05, 0.1) is 5.88 Å². The average molecular weight is 396 g/mol. The Balaban J connectivity index is 1.81. The lowest BCUT2D eigenvalue weighted by Gasteiger charge is -2.15. The number of hydrogen-bond acceptors (Lipinski definition) is 4. The van der Waals surface area contributed by atoms with Gasteiger partial charge >= 0.3 is 0 Å². The van der Waals surface area contributed by atoms with E-state index in [1.807, 2.05) is 66.7 Å². The number of alkyl halides is 1. The Morgan fingerprint density at radius 2 is 1.68 bits per heavy atom. The molecule has 0 amide bonds. The summed E-state index contributed by atoms with van der Waals surface area (Å²) in [6, 6.07) is 22.9. The fourth-order valence-electron chi connectivity index (χ4n) is 2.76. The quantitative estimate of drug-likeness (QED) is 0.366. The SMILES string of the molecule is CC(=O)c1ccccc1Nc1ccc(OCc2ccccc2)c(OCCCl)c1. The molecule has 0 aliphatic heterocycles. The Labute approximate surface area is 170 Å². The second kappa shape index (κ2) is 9.81. The summed E-state index contributed by atoms with van der Waals surface area (Å²) in [4.78, 5) is 11.8. The Morgan fingerprint density at radius 3 is 2.43 bits per heavy atom. The van der Waals surface area contributed by atoms with E-state index in [0.29, 0.717) is 36.2 Å². The monoisotopic (exact) mass is 395 g/mol. The molecule has 28 heavy (non-hydrogen) atoms. The van der Waals surface area contributed by atoms with Crippen LogP contribution in [0.2, 0.25) is 0 Å². The van der Waals surface area contributed by atoms with Crippen LogP contribution >= 0.6 is 11.6 Å². The normalized spacial score (nSPS) is 10.4. The minimum absolute atomic E-state index is 0.00419. The van der Waals surface area contributed by atoms with E-state index in [2.05, 4.69) is 5.32 Å². The van der Waals surface area contributed by atoms with Crippen molar-refractivity contribution in [2.45, 2.75) is 13.5 Å². The lowest BCUT2D eigenvalue weighted by atomic mass is 10.1. The number of carbonyl (C=O) groups is 1. The van der Waals surface area contributed by atoms with Crippen molar-refractivity contribution in [2.75, 3.05) is 17.8 Å². The number of hydrogen-bond donors (Lipinski definition) is 1. The highest BCUT2D eigenvalue weighted by atomic mass is 35.5. The molecule has 0 fully saturated rings. The largest absolute Gasteiger partial charge is 0.488 e. The third-order valence-corrected chi connectivity index (χ3v) is 4.26. The van der Waals surface area contributed by atoms with Crippen LogP contribution in [0.4, 0.5) is 11.4 Å². The minimum atomic E-state index is 0.00419. The maximum absolute atomic E-state index is 11.8. The van der Waals surface area contributed by atoms with E-state index in [1.54, 1.807) is 13.0 Å². The van der Waals surface area contributed by atoms with Gasteiger partial charge in [0.15, 0.2) is 17.3 Å². The summed E-state index contributed by atoms with van der Waals surface area (Å²) in [5.74, 6) is 1.62. The molecule has 0 aliphatic rings. The van der Waals surface area contributed by atoms with Gasteiger partial charge < -0.3 is 14.8 Å². The molecule has 0 radical (unpaired) electrons. The van der Waals surface area contributed by atoms with Gasteiger partial charge in [0.25, 0.3) is 0 Å². The van der Waals surface area contributed by atoms with Crippen molar-refractivity contribution < 1.29 is 14.3 Å². The summed E-state index contributed by atoms with van der Waals surface area (Å²) >= 11 is 5.78. The lowest BCUT2D eigenvalue weighted by Crippen LogP contribution is -2.04. The average Bonchev–Trinajstić information content (AvgIpc) is 2.72. The Hall–Kier alpha value is -2.98. The predicted molar refractivity (Wildman–Crippen MR) is 113 cm³/mol. The van der Waals surface area contributed by atoms with Crippen LogP contribution < -0.4 is 14.8 Å². The van der Waals surface area contributed by atoms with Crippen molar-refractivity contribution in [2.24, 2.45) is 0 Å². The van der Waals surface area contributed by atoms with Crippen molar-refractivity contribution in [1.82, 2.24) is 0 Å². The molecule has 0 spiro atoms. The molecule has 0 aromatic heterocycles. The third-order valence-electron chi connectivity index (χ3n) is 4.10. The molecular formula is C23H22ClNO3. The smallest absolute Gasteiger partial charge is 0.163 e. The molecule has 3 aromatic rings. The molecule has 5 heteroatoms. The zero-order chi connectivity index (χ0) is 19.8. The van der Waals surface area contributed by atoms with Gasteiger partial charge in [-0.2, -0.15) is 0 Å². The molecule has 0 heterocycles. The van der Waals surface area contributed by atoms with E-state index in [9.17, 15) is 4.79 Å². The van der Waals surface area contributed by atoms with Gasteiger partial charge in [-0.05, 0) is 36.8 Å². The highest BCUT2D eigenvalue weighted by molar-refractivity contribution is 6.18. The molecule has 0 unspecified atom stereocenters. The third kappa shape index (κ3) is 5.27. The maximum Gasteiger partial charge on any atom is 0.163 e. The Kier molecular flexibility index (Phi) is 6.93. The first-order valence-corrected chi connectivity index (χ1v) is 9.57. The van der Waals surface area contributed by atoms with Crippen LogP contribution in [-0.2, 0) is 6.61 Å². The molecule has 0 atom stereocenters. The standard InChI is InChI=1S/C23H22ClNO3/c1-17(26)20-9-5-6-10-21(20)25-19-11-12-22(23(15-19)27-14-13-24)28-16-18-7-3-2-4-8-18/h2-12,15,25H,13-14,16H2,1H3. The summed E-state index contributed by atoms with van der Waals surface area (Å²) in [5, 5.41) is 3.28. The van der Waals surface area contributed by atoms with E-state index in [0.717, 1.165) is 16.9 Å². The topological polar surface area (TPSA) is 47.6 Å². The van der Waals surface area contributed by atoms with Crippen molar-refractivity contribution >= 4 is 28.8 Å². The van der Waals surface area contributed by atoms with Gasteiger partial charge in [-0.15, -0.1) is 11.6 Å². The molecular weight excluding hydrogens is 374 g/mol. The van der Waals surface area contributed by atoms with Crippen molar-refractivity contribution in [3.8, 4) is 11.5 Å². The molecule has 3 aromatic carbocycles. The van der Waals surface area contributed by atoms with Crippen molar-refractivity contribution in [1.29, 1.82) is 0 Å². The fourth-order valence-corrected chi connectivity index (χ4v) is 2.83. The highest BCUT2D eigenvalue weighted by Crippen LogP contribution is 2.33. The van der Waals surface area contributed by atoms with Crippen molar-refractivity contribution in [3.63, 3.8) is 0 Å². The molecule has 0 bridgehead atoms. The second-order valence-electron chi connectivity index (χ2n) is 6.20. The van der Waals surface area contributed by atoms with Crippen LogP contribution in [0.15, 0.2) is 72.8 Å². The number of ketones is 1. The number of carbonyl (C=O) groups excluding carboxylic acids is 1. The van der Waals surface area contributed by atoms with Crippen LogP contribution in [0.5, 0.6) is 11.5 Å². The van der Waals surface area contributed by atoms with Gasteiger partial charge in [0.2, 0.25) is 0 Å². The van der Waals surface area contributed by atoms with E-state index in [-0.39, 0.29) is 5.78 Å². The van der Waals surface area contributed by atoms with Gasteiger partial charge in [-0.1, -0.05) is 42.5 Å². The Morgan fingerprint density at radius 1 is 0.929 bits per heavy atom. The second-order valence-corrected chi connectivity index (χ2v) is 6.58. The number of ether oxygens (including phenoxy) is 2. The van der Waals surface area contributed by atoms with Crippen LogP contribution in [0, 0.1) is 0 Å². The summed E-state index contributed by atoms with van der Waals surface area (Å²) in [6.45, 7) is 2.37. The van der Waals surface area contributed by atoms with E-state index in [1.165, 1.54) is 0 Å². The van der Waals surface area contributed by atoms with Gasteiger partial charge in [-0.25, -0.2) is 0 Å². The number of para-hydroxylation sites is 1. The number of rotatable bonds is 9. The van der Waals surface area contributed by atoms with Gasteiger partial charge in [0.1, 0.15) is 13.2 Å². The summed E-state index contributed by atoms with van der Waals surface area (Å²) in [6.07, 6.45) is 0. The van der Waals surface area contributed by atoms with Crippen LogP contribution in [0.25, 0.3) is 0 Å². The lowest BCUT2D eigenvalue weighted by molar-refractivity contribution is 0.101. The molecule has 3 rings (SSSR count). The zero-order valence-electron chi connectivity index (χ0n) is 15.7. The van der Waals surface area contributed by atoms with Crippen LogP contribution in [0.1, 0.15) is 22.8 Å². The van der Waals surface area contributed by atoms with E-state index < -0.39 is 0 Å². The molecule has 144 valence electrons. The van der Waals surface area contributed by atoms with E-state index >= 15 is 0 Å². The molecule has 0 saturated heterocycles. The number of halogens is 1. The first-order valence-electron chi connectivity index (χ1n) is 9.04. The minimum Gasteiger partial charge on any atom is -0.488 e. The molecule has 1 N–H and O–H groups in total. The van der Waals surface area contributed by atoms with Crippen molar-refractivity contribution in [3.05, 3.63) is 83.9 Å². The first kappa shape index (κ1) is 19.8. The zero-order valence-corrected chi connectivity index (χ0v) is 16.4. The summed E-state index contributed by atoms with van der Waals surface area (Å²) < 4.78 is 11.7. The summed E-state index contributed by atoms with van der Waals surface area (Å²) in [5.41, 5.74) is 3.25. The fraction of sp³-hybridized carbons (Fsp3) is 0.174. The predicted octanol–water partition coefficient (Wildman–Crippen LogP) is 5.83. The highest BCUT2D eigenvalue weighted by Gasteiger charge is 2.10. The number of anilines is 2.